The fourth-order valence-corrected chi connectivity index (χ4v) is 1.98. The summed E-state index contributed by atoms with van der Waals surface area (Å²) in [6.07, 6.45) is 2.17. The molecule has 86 valence electrons. The molecule has 15 heavy (non-hydrogen) atoms. The van der Waals surface area contributed by atoms with Gasteiger partial charge in [0.2, 0.25) is 0 Å². The second kappa shape index (κ2) is 5.26. The summed E-state index contributed by atoms with van der Waals surface area (Å²) in [7, 11) is 0. The van der Waals surface area contributed by atoms with Crippen LogP contribution in [0.1, 0.15) is 63.9 Å². The molecule has 0 aliphatic heterocycles. The van der Waals surface area contributed by atoms with E-state index >= 15 is 0 Å². The number of hydrogen-bond acceptors (Lipinski definition) is 3. The molecule has 0 aliphatic carbocycles. The normalized spacial score (nSPS) is 11.7. The van der Waals surface area contributed by atoms with E-state index in [1.807, 2.05) is 0 Å². The summed E-state index contributed by atoms with van der Waals surface area (Å²) in [6, 6.07) is 0.454. The quantitative estimate of drug-likeness (QED) is 0.810. The minimum Gasteiger partial charge on any atom is -0.325 e. The van der Waals surface area contributed by atoms with E-state index in [2.05, 4.69) is 42.7 Å². The maximum absolute atomic E-state index is 5.67. The van der Waals surface area contributed by atoms with Crippen molar-refractivity contribution in [1.82, 2.24) is 15.0 Å². The van der Waals surface area contributed by atoms with E-state index in [4.69, 9.17) is 5.73 Å². The predicted molar refractivity (Wildman–Crippen MR) is 61.6 cm³/mol. The molecule has 4 nitrogen and oxygen atoms in total. The molecule has 0 amide bonds. The molecule has 0 atom stereocenters. The first-order valence-corrected chi connectivity index (χ1v) is 5.79. The zero-order valence-corrected chi connectivity index (χ0v) is 10.2. The highest BCUT2D eigenvalue weighted by molar-refractivity contribution is 5.14. The summed E-state index contributed by atoms with van der Waals surface area (Å²) in [5.74, 6) is 0.430. The monoisotopic (exact) mass is 210 g/mol. The van der Waals surface area contributed by atoms with Gasteiger partial charge in [-0.15, -0.1) is 5.10 Å². The van der Waals surface area contributed by atoms with Crippen LogP contribution in [0.3, 0.4) is 0 Å². The van der Waals surface area contributed by atoms with E-state index < -0.39 is 0 Å². The first-order valence-electron chi connectivity index (χ1n) is 5.79. The molecule has 0 saturated carbocycles. The molecule has 0 saturated heterocycles. The van der Waals surface area contributed by atoms with Crippen LogP contribution in [0.2, 0.25) is 0 Å². The Morgan fingerprint density at radius 2 is 1.87 bits per heavy atom. The molecule has 0 aliphatic rings. The predicted octanol–water partition coefficient (Wildman–Crippen LogP) is 2.22. The molecule has 0 unspecified atom stereocenters. The van der Waals surface area contributed by atoms with Crippen molar-refractivity contribution in [3.63, 3.8) is 0 Å². The van der Waals surface area contributed by atoms with E-state index in [1.165, 1.54) is 5.69 Å². The summed E-state index contributed by atoms with van der Waals surface area (Å²) >= 11 is 0. The van der Waals surface area contributed by atoms with Crippen LogP contribution in [0.25, 0.3) is 0 Å². The van der Waals surface area contributed by atoms with Crippen LogP contribution in [-0.4, -0.2) is 15.0 Å². The van der Waals surface area contributed by atoms with E-state index in [9.17, 15) is 0 Å². The molecular weight excluding hydrogens is 188 g/mol. The summed E-state index contributed by atoms with van der Waals surface area (Å²) in [5.41, 5.74) is 7.81. The molecule has 0 radical (unpaired) electrons. The Kier molecular flexibility index (Phi) is 4.27. The largest absolute Gasteiger partial charge is 0.325 e. The maximum Gasteiger partial charge on any atom is 0.0997 e. The fourth-order valence-electron chi connectivity index (χ4n) is 1.98. The molecule has 4 heteroatoms. The topological polar surface area (TPSA) is 56.7 Å². The zero-order valence-electron chi connectivity index (χ0n) is 10.2. The van der Waals surface area contributed by atoms with Crippen LogP contribution >= 0.6 is 0 Å². The van der Waals surface area contributed by atoms with Crippen molar-refractivity contribution in [3.8, 4) is 0 Å². The Hall–Kier alpha value is -0.900. The minimum atomic E-state index is 0.430. The molecule has 1 rings (SSSR count). The van der Waals surface area contributed by atoms with Gasteiger partial charge in [-0.3, -0.25) is 0 Å². The summed E-state index contributed by atoms with van der Waals surface area (Å²) in [6.45, 7) is 9.17. The lowest BCUT2D eigenvalue weighted by molar-refractivity contribution is 0.399. The number of hydrogen-bond donors (Lipinski definition) is 1. The second-order valence-corrected chi connectivity index (χ2v) is 4.20. The van der Waals surface area contributed by atoms with Gasteiger partial charge in [0, 0.05) is 6.54 Å². The van der Waals surface area contributed by atoms with Crippen molar-refractivity contribution in [3.05, 3.63) is 11.4 Å². The molecule has 1 heterocycles. The Morgan fingerprint density at radius 3 is 2.27 bits per heavy atom. The van der Waals surface area contributed by atoms with Gasteiger partial charge < -0.3 is 5.73 Å². The molecule has 0 spiro atoms. The number of rotatable bonds is 5. The Labute approximate surface area is 91.9 Å². The van der Waals surface area contributed by atoms with Gasteiger partial charge in [0.1, 0.15) is 0 Å². The first kappa shape index (κ1) is 12.2. The van der Waals surface area contributed by atoms with E-state index in [1.54, 1.807) is 0 Å². The van der Waals surface area contributed by atoms with E-state index in [-0.39, 0.29) is 0 Å². The maximum atomic E-state index is 5.67. The van der Waals surface area contributed by atoms with Gasteiger partial charge in [-0.05, 0) is 18.8 Å². The van der Waals surface area contributed by atoms with Crippen molar-refractivity contribution in [2.45, 2.75) is 59.0 Å². The summed E-state index contributed by atoms with van der Waals surface area (Å²) in [4.78, 5) is 0. The molecule has 0 aromatic carbocycles. The van der Waals surface area contributed by atoms with Crippen LogP contribution in [0.5, 0.6) is 0 Å². The standard InChI is InChI=1S/C11H22N4/c1-5-9(6-2)15-11(8(3)4)10(7-12)13-14-15/h8-9H,5-7,12H2,1-4H3. The van der Waals surface area contributed by atoms with Crippen LogP contribution in [0.15, 0.2) is 0 Å². The number of nitrogens with zero attached hydrogens (tertiary/aromatic N) is 3. The van der Waals surface area contributed by atoms with Crippen LogP contribution in [-0.2, 0) is 6.54 Å². The van der Waals surface area contributed by atoms with Crippen molar-refractivity contribution < 1.29 is 0 Å². The third-order valence-corrected chi connectivity index (χ3v) is 2.83. The third-order valence-electron chi connectivity index (χ3n) is 2.83. The molecular formula is C11H22N4. The summed E-state index contributed by atoms with van der Waals surface area (Å²) < 4.78 is 2.06. The highest BCUT2D eigenvalue weighted by Gasteiger charge is 2.19. The SMILES string of the molecule is CCC(CC)n1nnc(CN)c1C(C)C. The smallest absolute Gasteiger partial charge is 0.0997 e. The minimum absolute atomic E-state index is 0.430. The van der Waals surface area contributed by atoms with Crippen LogP contribution in [0, 0.1) is 0 Å². The lowest BCUT2D eigenvalue weighted by atomic mass is 10.1. The molecule has 0 fully saturated rings. The highest BCUT2D eigenvalue weighted by atomic mass is 15.4. The Morgan fingerprint density at radius 1 is 1.27 bits per heavy atom. The average Bonchev–Trinajstić information content (AvgIpc) is 2.63. The Bertz CT molecular complexity index is 300. The van der Waals surface area contributed by atoms with Crippen LogP contribution < -0.4 is 5.73 Å². The van der Waals surface area contributed by atoms with Gasteiger partial charge in [-0.25, -0.2) is 4.68 Å². The van der Waals surface area contributed by atoms with Crippen molar-refractivity contribution in [1.29, 1.82) is 0 Å². The van der Waals surface area contributed by atoms with Crippen LogP contribution in [0.4, 0.5) is 0 Å². The van der Waals surface area contributed by atoms with Crippen molar-refractivity contribution in [2.24, 2.45) is 5.73 Å². The zero-order chi connectivity index (χ0) is 11.4. The van der Waals surface area contributed by atoms with Gasteiger partial charge in [0.15, 0.2) is 0 Å². The van der Waals surface area contributed by atoms with E-state index in [0.29, 0.717) is 18.5 Å². The van der Waals surface area contributed by atoms with Gasteiger partial charge in [0.25, 0.3) is 0 Å². The molecule has 0 bridgehead atoms. The van der Waals surface area contributed by atoms with E-state index in [0.717, 1.165) is 18.5 Å². The van der Waals surface area contributed by atoms with Crippen molar-refractivity contribution >= 4 is 0 Å². The average molecular weight is 210 g/mol. The first-order chi connectivity index (χ1) is 7.15. The lowest BCUT2D eigenvalue weighted by Gasteiger charge is -2.18. The third kappa shape index (κ3) is 2.37. The van der Waals surface area contributed by atoms with Gasteiger partial charge in [-0.1, -0.05) is 32.9 Å². The molecule has 2 N–H and O–H groups in total. The second-order valence-electron chi connectivity index (χ2n) is 4.20. The van der Waals surface area contributed by atoms with Crippen molar-refractivity contribution in [2.75, 3.05) is 0 Å². The Balaban J connectivity index is 3.11. The van der Waals surface area contributed by atoms with Gasteiger partial charge in [0.05, 0.1) is 17.4 Å². The van der Waals surface area contributed by atoms with Gasteiger partial charge >= 0.3 is 0 Å². The number of aromatic nitrogens is 3. The number of nitrogens with two attached hydrogens (primary N) is 1. The summed E-state index contributed by atoms with van der Waals surface area (Å²) in [5, 5.41) is 8.40. The fraction of sp³-hybridized carbons (Fsp3) is 0.818. The lowest BCUT2D eigenvalue weighted by Crippen LogP contribution is -2.14. The molecule has 1 aromatic rings. The van der Waals surface area contributed by atoms with Gasteiger partial charge in [-0.2, -0.15) is 0 Å². The molecule has 1 aromatic heterocycles. The highest BCUT2D eigenvalue weighted by Crippen LogP contribution is 2.24.